The molecule has 0 bridgehead atoms. The molecule has 1 aromatic carbocycles. The number of rotatable bonds is 4. The number of benzene rings is 1. The average molecular weight is 333 g/mol. The highest BCUT2D eigenvalue weighted by Gasteiger charge is 2.14. The van der Waals surface area contributed by atoms with Crippen LogP contribution in [0.15, 0.2) is 54.7 Å². The van der Waals surface area contributed by atoms with Crippen LogP contribution in [0.1, 0.15) is 23.3 Å². The van der Waals surface area contributed by atoms with Gasteiger partial charge in [-0.05, 0) is 49.2 Å². The summed E-state index contributed by atoms with van der Waals surface area (Å²) in [5, 5.41) is 9.88. The van der Waals surface area contributed by atoms with E-state index in [2.05, 4.69) is 31.5 Å². The third kappa shape index (κ3) is 3.38. The Labute approximate surface area is 145 Å². The van der Waals surface area contributed by atoms with Crippen LogP contribution in [0.3, 0.4) is 0 Å². The average Bonchev–Trinajstić information content (AvgIpc) is 3.35. The molecule has 0 atom stereocenters. The molecule has 2 N–H and O–H groups in total. The van der Waals surface area contributed by atoms with Crippen molar-refractivity contribution in [2.75, 3.05) is 23.3 Å². The summed E-state index contributed by atoms with van der Waals surface area (Å²) >= 11 is 0. The van der Waals surface area contributed by atoms with Crippen LogP contribution in [-0.2, 0) is 0 Å². The molecule has 0 aliphatic carbocycles. The van der Waals surface area contributed by atoms with Crippen molar-refractivity contribution in [2.45, 2.75) is 12.8 Å². The number of carbonyl (C=O) groups is 1. The van der Waals surface area contributed by atoms with E-state index < -0.39 is 0 Å². The molecule has 1 aliphatic heterocycles. The van der Waals surface area contributed by atoms with E-state index in [1.807, 2.05) is 36.4 Å². The Morgan fingerprint density at radius 2 is 1.92 bits per heavy atom. The van der Waals surface area contributed by atoms with E-state index >= 15 is 0 Å². The number of nitrogens with zero attached hydrogens (tertiary/aromatic N) is 3. The quantitative estimate of drug-likeness (QED) is 0.768. The maximum absolute atomic E-state index is 12.5. The molecule has 0 radical (unpaired) electrons. The number of hydrogen-bond acceptors (Lipinski definition) is 4. The fraction of sp³-hybridized carbons (Fsp3) is 0.211. The fourth-order valence-corrected chi connectivity index (χ4v) is 3.04. The number of aromatic nitrogens is 3. The number of carbonyl (C=O) groups excluding carboxylic acids is 1. The number of H-pyrrole nitrogens is 1. The first-order valence-corrected chi connectivity index (χ1v) is 8.43. The summed E-state index contributed by atoms with van der Waals surface area (Å²) in [6, 6.07) is 15.3. The monoisotopic (exact) mass is 333 g/mol. The number of aromatic amines is 1. The standard InChI is InChI=1S/C19H19N5O/c25-19(18-13-17(22-23-18)16-8-1-2-9-20-16)21-14-6-5-7-15(12-14)24-10-3-4-11-24/h1-2,5-9,12-13H,3-4,10-11H2,(H,21,25)(H,22,23). The van der Waals surface area contributed by atoms with Crippen LogP contribution < -0.4 is 10.2 Å². The summed E-state index contributed by atoms with van der Waals surface area (Å²) in [4.78, 5) is 19.1. The van der Waals surface area contributed by atoms with Crippen molar-refractivity contribution in [3.63, 3.8) is 0 Å². The van der Waals surface area contributed by atoms with Gasteiger partial charge in [0, 0.05) is 30.7 Å². The molecule has 0 spiro atoms. The normalized spacial score (nSPS) is 13.8. The maximum Gasteiger partial charge on any atom is 0.273 e. The Morgan fingerprint density at radius 3 is 2.72 bits per heavy atom. The van der Waals surface area contributed by atoms with Gasteiger partial charge in [-0.2, -0.15) is 5.10 Å². The molecule has 1 aliphatic rings. The molecular formula is C19H19N5O. The summed E-state index contributed by atoms with van der Waals surface area (Å²) in [7, 11) is 0. The van der Waals surface area contributed by atoms with Gasteiger partial charge in [-0.25, -0.2) is 0 Å². The van der Waals surface area contributed by atoms with Crippen LogP contribution >= 0.6 is 0 Å². The van der Waals surface area contributed by atoms with E-state index in [0.29, 0.717) is 11.4 Å². The van der Waals surface area contributed by atoms with Crippen molar-refractivity contribution >= 4 is 17.3 Å². The predicted octanol–water partition coefficient (Wildman–Crippen LogP) is 3.32. The second-order valence-electron chi connectivity index (χ2n) is 6.08. The van der Waals surface area contributed by atoms with Gasteiger partial charge in [-0.1, -0.05) is 12.1 Å². The SMILES string of the molecule is O=C(Nc1cccc(N2CCCC2)c1)c1cc(-c2ccccn2)n[nH]1. The molecule has 3 heterocycles. The minimum absolute atomic E-state index is 0.215. The maximum atomic E-state index is 12.5. The van der Waals surface area contributed by atoms with Crippen molar-refractivity contribution < 1.29 is 4.79 Å². The topological polar surface area (TPSA) is 73.9 Å². The molecule has 126 valence electrons. The number of pyridine rings is 1. The molecule has 0 saturated carbocycles. The molecule has 0 unspecified atom stereocenters. The van der Waals surface area contributed by atoms with Crippen molar-refractivity contribution in [1.82, 2.24) is 15.2 Å². The Balaban J connectivity index is 1.49. The van der Waals surface area contributed by atoms with Gasteiger partial charge in [0.15, 0.2) is 0 Å². The van der Waals surface area contributed by atoms with Gasteiger partial charge in [-0.15, -0.1) is 0 Å². The lowest BCUT2D eigenvalue weighted by Crippen LogP contribution is -2.18. The third-order valence-corrected chi connectivity index (χ3v) is 4.33. The molecule has 25 heavy (non-hydrogen) atoms. The Kier molecular flexibility index (Phi) is 4.16. The summed E-state index contributed by atoms with van der Waals surface area (Å²) in [6.45, 7) is 2.15. The fourth-order valence-electron chi connectivity index (χ4n) is 3.04. The van der Waals surface area contributed by atoms with E-state index in [0.717, 1.165) is 30.2 Å². The number of amides is 1. The van der Waals surface area contributed by atoms with Crippen LogP contribution in [-0.4, -0.2) is 34.2 Å². The van der Waals surface area contributed by atoms with E-state index in [1.54, 1.807) is 12.3 Å². The zero-order chi connectivity index (χ0) is 17.1. The van der Waals surface area contributed by atoms with Crippen LogP contribution in [0.4, 0.5) is 11.4 Å². The van der Waals surface area contributed by atoms with E-state index in [9.17, 15) is 4.79 Å². The second-order valence-corrected chi connectivity index (χ2v) is 6.08. The van der Waals surface area contributed by atoms with Crippen LogP contribution in [0.25, 0.3) is 11.4 Å². The Bertz CT molecular complexity index is 868. The number of anilines is 2. The highest BCUT2D eigenvalue weighted by Crippen LogP contribution is 2.23. The predicted molar refractivity (Wildman–Crippen MR) is 97.7 cm³/mol. The zero-order valence-electron chi connectivity index (χ0n) is 13.8. The van der Waals surface area contributed by atoms with Gasteiger partial charge >= 0.3 is 0 Å². The molecule has 6 heteroatoms. The Hall–Kier alpha value is -3.15. The largest absolute Gasteiger partial charge is 0.371 e. The molecule has 1 fully saturated rings. The lowest BCUT2D eigenvalue weighted by Gasteiger charge is -2.18. The Morgan fingerprint density at radius 1 is 1.04 bits per heavy atom. The van der Waals surface area contributed by atoms with Gasteiger partial charge < -0.3 is 10.2 Å². The van der Waals surface area contributed by atoms with Gasteiger partial charge in [0.25, 0.3) is 5.91 Å². The molecule has 3 aromatic rings. The lowest BCUT2D eigenvalue weighted by molar-refractivity contribution is 0.102. The second kappa shape index (κ2) is 6.76. The number of hydrogen-bond donors (Lipinski definition) is 2. The van der Waals surface area contributed by atoms with Crippen LogP contribution in [0.5, 0.6) is 0 Å². The first-order chi connectivity index (χ1) is 12.3. The number of nitrogens with one attached hydrogen (secondary N) is 2. The summed E-state index contributed by atoms with van der Waals surface area (Å²) in [6.07, 6.45) is 4.15. The first kappa shape index (κ1) is 15.4. The van der Waals surface area contributed by atoms with Gasteiger partial charge in [0.05, 0.1) is 5.69 Å². The summed E-state index contributed by atoms with van der Waals surface area (Å²) in [5.41, 5.74) is 3.72. The highest BCUT2D eigenvalue weighted by molar-refractivity contribution is 6.03. The van der Waals surface area contributed by atoms with Crippen LogP contribution in [0, 0.1) is 0 Å². The first-order valence-electron chi connectivity index (χ1n) is 8.43. The zero-order valence-corrected chi connectivity index (χ0v) is 13.8. The van der Waals surface area contributed by atoms with E-state index in [4.69, 9.17) is 0 Å². The lowest BCUT2D eigenvalue weighted by atomic mass is 10.2. The molecule has 4 rings (SSSR count). The molecule has 2 aromatic heterocycles. The van der Waals surface area contributed by atoms with Crippen molar-refractivity contribution in [1.29, 1.82) is 0 Å². The highest BCUT2D eigenvalue weighted by atomic mass is 16.1. The van der Waals surface area contributed by atoms with Crippen molar-refractivity contribution in [2.24, 2.45) is 0 Å². The molecular weight excluding hydrogens is 314 g/mol. The molecule has 6 nitrogen and oxygen atoms in total. The third-order valence-electron chi connectivity index (χ3n) is 4.33. The minimum atomic E-state index is -0.215. The molecule has 1 saturated heterocycles. The van der Waals surface area contributed by atoms with Gasteiger partial charge in [-0.3, -0.25) is 14.9 Å². The van der Waals surface area contributed by atoms with Crippen molar-refractivity contribution in [3.8, 4) is 11.4 Å². The molecule has 1 amide bonds. The van der Waals surface area contributed by atoms with Crippen LogP contribution in [0.2, 0.25) is 0 Å². The van der Waals surface area contributed by atoms with Crippen molar-refractivity contribution in [3.05, 3.63) is 60.4 Å². The summed E-state index contributed by atoms with van der Waals surface area (Å²) in [5.74, 6) is -0.215. The minimum Gasteiger partial charge on any atom is -0.371 e. The van der Waals surface area contributed by atoms with E-state index in [1.165, 1.54) is 12.8 Å². The van der Waals surface area contributed by atoms with Gasteiger partial charge in [0.2, 0.25) is 0 Å². The summed E-state index contributed by atoms with van der Waals surface area (Å²) < 4.78 is 0. The smallest absolute Gasteiger partial charge is 0.273 e. The van der Waals surface area contributed by atoms with E-state index in [-0.39, 0.29) is 5.91 Å². The van der Waals surface area contributed by atoms with Gasteiger partial charge in [0.1, 0.15) is 11.4 Å².